The molecule has 18 heteroatoms. The number of aromatic nitrogens is 3. The maximum atomic E-state index is 14.4. The van der Waals surface area contributed by atoms with E-state index in [9.17, 15) is 46.6 Å². The molecular weight excluding hydrogens is 738 g/mol. The van der Waals surface area contributed by atoms with Crippen molar-refractivity contribution in [3.8, 4) is 22.9 Å². The zero-order valence-electron chi connectivity index (χ0n) is 27.7. The van der Waals surface area contributed by atoms with Crippen molar-refractivity contribution in [2.45, 2.75) is 38.5 Å². The molecule has 274 valence electrons. The summed E-state index contributed by atoms with van der Waals surface area (Å²) in [5.74, 6) is -3.90. The van der Waals surface area contributed by atoms with E-state index in [1.165, 1.54) is 41.5 Å². The molecule has 6 rings (SSSR count). The largest absolute Gasteiger partial charge is 0.491 e. The van der Waals surface area contributed by atoms with Crippen molar-refractivity contribution in [2.24, 2.45) is 0 Å². The number of ether oxygens (including phenoxy) is 1. The molecule has 0 saturated carbocycles. The number of aryl methyl sites for hydroxylation is 2. The van der Waals surface area contributed by atoms with Crippen LogP contribution < -0.4 is 15.2 Å². The molecule has 1 fully saturated rings. The van der Waals surface area contributed by atoms with E-state index in [1.54, 1.807) is 6.07 Å². The molecule has 0 amide bonds. The lowest BCUT2D eigenvalue weighted by atomic mass is 10.00. The summed E-state index contributed by atoms with van der Waals surface area (Å²) >= 11 is 7.12. The fraction of sp³-hybridized carbons (Fsp3) is 0.353. The highest BCUT2D eigenvalue weighted by molar-refractivity contribution is 7.18. The first-order chi connectivity index (χ1) is 24.3. The van der Waals surface area contributed by atoms with Crippen LogP contribution in [0.4, 0.5) is 32.0 Å². The highest BCUT2D eigenvalue weighted by Crippen LogP contribution is 2.46. The molecule has 10 nitrogen and oxygen atoms in total. The van der Waals surface area contributed by atoms with E-state index >= 15 is 0 Å². The number of fused-ring (bicyclic) bond motifs is 2. The van der Waals surface area contributed by atoms with Gasteiger partial charge in [-0.05, 0) is 51.2 Å². The van der Waals surface area contributed by atoms with E-state index in [-0.39, 0.29) is 75.3 Å². The average Bonchev–Trinajstić information content (AvgIpc) is 3.49. The summed E-state index contributed by atoms with van der Waals surface area (Å²) in [6.45, 7) is 3.95. The smallest absolute Gasteiger partial charge is 0.447 e. The summed E-state index contributed by atoms with van der Waals surface area (Å²) in [4.78, 5) is 25.8. The molecule has 2 N–H and O–H groups in total. The lowest BCUT2D eigenvalue weighted by Gasteiger charge is -2.36. The van der Waals surface area contributed by atoms with Gasteiger partial charge >= 0.3 is 12.4 Å². The molecule has 1 aliphatic rings. The number of thiophene rings is 1. The van der Waals surface area contributed by atoms with Crippen LogP contribution in [0.15, 0.2) is 40.5 Å². The molecule has 0 radical (unpaired) electrons. The normalized spacial score (nSPS) is 14.7. The van der Waals surface area contributed by atoms with Crippen LogP contribution in [0.5, 0.6) is 5.75 Å². The van der Waals surface area contributed by atoms with Gasteiger partial charge in [-0.2, -0.15) is 31.6 Å². The third-order valence-electron chi connectivity index (χ3n) is 8.87. The van der Waals surface area contributed by atoms with Crippen LogP contribution in [0.25, 0.3) is 32.2 Å². The van der Waals surface area contributed by atoms with E-state index in [4.69, 9.17) is 16.3 Å². The van der Waals surface area contributed by atoms with Gasteiger partial charge in [0.25, 0.3) is 11.3 Å². The monoisotopic (exact) mass is 766 g/mol. The van der Waals surface area contributed by atoms with Gasteiger partial charge in [0.15, 0.2) is 0 Å². The summed E-state index contributed by atoms with van der Waals surface area (Å²) in [6, 6.07) is 8.75. The number of anilines is 1. The lowest BCUT2D eigenvalue weighted by molar-refractivity contribution is -0.357. The summed E-state index contributed by atoms with van der Waals surface area (Å²) < 4.78 is 91.2. The number of nitriles is 1. The second-order valence-corrected chi connectivity index (χ2v) is 13.7. The van der Waals surface area contributed by atoms with Gasteiger partial charge in [0, 0.05) is 53.4 Å². The first-order valence-electron chi connectivity index (χ1n) is 15.7. The number of hydrogen-bond acceptors (Lipinski definition) is 10. The van der Waals surface area contributed by atoms with Gasteiger partial charge < -0.3 is 24.7 Å². The molecule has 1 aliphatic heterocycles. The molecule has 0 bridgehead atoms. The maximum absolute atomic E-state index is 14.4. The number of rotatable bonds is 7. The fourth-order valence-corrected chi connectivity index (χ4v) is 7.50. The number of alkyl halides is 6. The van der Waals surface area contributed by atoms with Crippen molar-refractivity contribution in [1.82, 2.24) is 19.4 Å². The number of piperazine rings is 1. The Morgan fingerprint density at radius 1 is 1.00 bits per heavy atom. The quantitative estimate of drug-likeness (QED) is 0.144. The lowest BCUT2D eigenvalue weighted by Crippen LogP contribution is -2.45. The minimum absolute atomic E-state index is 0.0699. The van der Waals surface area contributed by atoms with E-state index in [2.05, 4.69) is 9.97 Å². The zero-order valence-corrected chi connectivity index (χ0v) is 29.2. The van der Waals surface area contributed by atoms with Gasteiger partial charge in [0.05, 0.1) is 50.0 Å². The second kappa shape index (κ2) is 13.5. The Labute approximate surface area is 300 Å². The van der Waals surface area contributed by atoms with Crippen LogP contribution in [-0.4, -0.2) is 75.7 Å². The van der Waals surface area contributed by atoms with Crippen molar-refractivity contribution in [3.63, 3.8) is 0 Å². The van der Waals surface area contributed by atoms with Crippen molar-refractivity contribution in [1.29, 1.82) is 5.26 Å². The summed E-state index contributed by atoms with van der Waals surface area (Å²) in [5.41, 5.74) is -3.04. The van der Waals surface area contributed by atoms with Crippen molar-refractivity contribution < 1.29 is 41.3 Å². The van der Waals surface area contributed by atoms with E-state index < -0.39 is 40.4 Å². The molecule has 52 heavy (non-hydrogen) atoms. The van der Waals surface area contributed by atoms with E-state index in [1.807, 2.05) is 18.0 Å². The molecule has 0 atom stereocenters. The fourth-order valence-electron chi connectivity index (χ4n) is 6.25. The van der Waals surface area contributed by atoms with Crippen LogP contribution in [-0.2, 0) is 18.5 Å². The molecule has 0 spiro atoms. The third kappa shape index (κ3) is 6.65. The van der Waals surface area contributed by atoms with Crippen molar-refractivity contribution in [2.75, 3.05) is 44.7 Å². The number of nitrogens with zero attached hydrogens (tertiary/aromatic N) is 6. The van der Waals surface area contributed by atoms with Crippen LogP contribution in [0.1, 0.15) is 28.2 Å². The molecular formula is C34H29ClF6N6O4S. The Balaban J connectivity index is 1.38. The van der Waals surface area contributed by atoms with Crippen LogP contribution in [0.3, 0.4) is 0 Å². The summed E-state index contributed by atoms with van der Waals surface area (Å²) in [5, 5.41) is 31.2. The maximum Gasteiger partial charge on any atom is 0.447 e. The molecule has 0 unspecified atom stereocenters. The van der Waals surface area contributed by atoms with Crippen LogP contribution in [0.2, 0.25) is 5.02 Å². The minimum Gasteiger partial charge on any atom is -0.491 e. The molecule has 2 aromatic carbocycles. The Morgan fingerprint density at radius 2 is 1.69 bits per heavy atom. The highest BCUT2D eigenvalue weighted by Gasteiger charge is 2.55. The van der Waals surface area contributed by atoms with Gasteiger partial charge in [-0.15, -0.1) is 11.3 Å². The zero-order chi connectivity index (χ0) is 37.9. The average molecular weight is 767 g/mol. The SMILES string of the molecule is Cc1cc(-c2cc(Cl)ccc2OCCn2c(C)nc3cc(C(F)(F)F)c(N4CCN(C)CC4)c(C#N)c3c2=O)c2scc(C(O)(O)C(F)(F)F)c2n1. The van der Waals surface area contributed by atoms with Gasteiger partial charge in [0.2, 0.25) is 0 Å². The standard InChI is InChI=1S/C34H29ClF6N6O4S/c1-17-12-21(30-28(43-17)24(16-52-30)32(49,50)34(39,40)41)20-13-19(35)4-5-26(20)51-11-10-47-18(2)44-25-14-23(33(36,37)38)29(22(15-42)27(25)31(47)48)46-8-6-45(3)7-9-46/h4-5,12-14,16,49-50H,6-11H2,1-3H3. The number of likely N-dealkylation sites (N-methyl/N-ethyl adjacent to an activating group) is 1. The molecule has 3 aromatic heterocycles. The molecule has 1 saturated heterocycles. The third-order valence-corrected chi connectivity index (χ3v) is 10.1. The summed E-state index contributed by atoms with van der Waals surface area (Å²) in [7, 11) is 1.83. The Morgan fingerprint density at radius 3 is 2.33 bits per heavy atom. The highest BCUT2D eigenvalue weighted by atomic mass is 35.5. The number of halogens is 7. The molecule has 0 aliphatic carbocycles. The van der Waals surface area contributed by atoms with Gasteiger partial charge in [-0.25, -0.2) is 4.98 Å². The molecule has 5 aromatic rings. The van der Waals surface area contributed by atoms with E-state index in [0.29, 0.717) is 24.2 Å². The Bertz CT molecular complexity index is 2310. The van der Waals surface area contributed by atoms with Gasteiger partial charge in [0.1, 0.15) is 24.3 Å². The van der Waals surface area contributed by atoms with Crippen LogP contribution >= 0.6 is 22.9 Å². The predicted octanol–water partition coefficient (Wildman–Crippen LogP) is 6.36. The Kier molecular flexibility index (Phi) is 9.68. The van der Waals surface area contributed by atoms with Gasteiger partial charge in [-0.3, -0.25) is 14.3 Å². The number of benzene rings is 2. The first-order valence-corrected chi connectivity index (χ1v) is 16.9. The minimum atomic E-state index is -5.41. The second-order valence-electron chi connectivity index (χ2n) is 12.4. The van der Waals surface area contributed by atoms with Gasteiger partial charge in [-0.1, -0.05) is 11.6 Å². The number of pyridine rings is 1. The van der Waals surface area contributed by atoms with Crippen molar-refractivity contribution in [3.05, 3.63) is 79.3 Å². The summed E-state index contributed by atoms with van der Waals surface area (Å²) in [6.07, 6.45) is -10.2. The number of hydrogen-bond donors (Lipinski definition) is 2. The molecule has 4 heterocycles. The van der Waals surface area contributed by atoms with Crippen LogP contribution in [0, 0.1) is 25.2 Å². The topological polar surface area (TPSA) is 128 Å². The Hall–Kier alpha value is -4.47. The predicted molar refractivity (Wildman–Crippen MR) is 183 cm³/mol. The van der Waals surface area contributed by atoms with Crippen molar-refractivity contribution >= 4 is 49.7 Å². The number of aliphatic hydroxyl groups is 2. The van der Waals surface area contributed by atoms with E-state index in [0.717, 1.165) is 22.8 Å². The first kappa shape index (κ1) is 37.3.